The number of hydrogen-bond acceptors (Lipinski definition) is 5. The van der Waals surface area contributed by atoms with Gasteiger partial charge < -0.3 is 0 Å². The molecule has 1 aromatic heterocycles. The third-order valence-corrected chi connectivity index (χ3v) is 7.52. The van der Waals surface area contributed by atoms with E-state index in [9.17, 15) is 4.79 Å². The van der Waals surface area contributed by atoms with Gasteiger partial charge in [-0.25, -0.2) is 5.01 Å². The van der Waals surface area contributed by atoms with Crippen molar-refractivity contribution in [2.75, 3.05) is 18.1 Å². The first-order valence-corrected chi connectivity index (χ1v) is 13.0. The molecule has 6 rings (SSSR count). The number of anilines is 1. The molecular formula is C32H30N4O. The van der Waals surface area contributed by atoms with Crippen molar-refractivity contribution in [3.05, 3.63) is 125 Å². The smallest absolute Gasteiger partial charge is 0.147 e. The molecule has 3 aromatic rings. The summed E-state index contributed by atoms with van der Waals surface area (Å²) in [6, 6.07) is 23.3. The van der Waals surface area contributed by atoms with Gasteiger partial charge in [0.25, 0.3) is 0 Å². The van der Waals surface area contributed by atoms with Crippen LogP contribution < -0.4 is 5.01 Å². The average Bonchev–Trinajstić information content (AvgIpc) is 2.98. The van der Waals surface area contributed by atoms with Gasteiger partial charge in [-0.3, -0.25) is 14.7 Å². The van der Waals surface area contributed by atoms with Crippen molar-refractivity contribution < 1.29 is 4.79 Å². The van der Waals surface area contributed by atoms with Crippen molar-refractivity contribution in [2.45, 2.75) is 31.7 Å². The van der Waals surface area contributed by atoms with Crippen molar-refractivity contribution in [3.8, 4) is 0 Å². The van der Waals surface area contributed by atoms with Gasteiger partial charge in [-0.05, 0) is 85.8 Å². The third-order valence-electron chi connectivity index (χ3n) is 7.52. The van der Waals surface area contributed by atoms with E-state index < -0.39 is 0 Å². The number of pyridine rings is 1. The second kappa shape index (κ2) is 10.5. The van der Waals surface area contributed by atoms with Crippen molar-refractivity contribution >= 4 is 23.4 Å². The summed E-state index contributed by atoms with van der Waals surface area (Å²) in [5.41, 5.74) is 8.29. The van der Waals surface area contributed by atoms with Crippen LogP contribution in [-0.4, -0.2) is 35.0 Å². The van der Waals surface area contributed by atoms with Crippen molar-refractivity contribution in [1.29, 1.82) is 0 Å². The molecule has 0 amide bonds. The molecule has 0 N–H and O–H groups in total. The highest BCUT2D eigenvalue weighted by Gasteiger charge is 2.25. The van der Waals surface area contributed by atoms with Crippen LogP contribution >= 0.6 is 0 Å². The lowest BCUT2D eigenvalue weighted by Gasteiger charge is -2.32. The molecule has 1 fully saturated rings. The van der Waals surface area contributed by atoms with Gasteiger partial charge >= 0.3 is 0 Å². The minimum atomic E-state index is 0.635. The normalized spacial score (nSPS) is 18.3. The molecule has 0 radical (unpaired) electrons. The highest BCUT2D eigenvalue weighted by molar-refractivity contribution is 6.17. The fourth-order valence-corrected chi connectivity index (χ4v) is 5.46. The van der Waals surface area contributed by atoms with Crippen LogP contribution in [0.1, 0.15) is 41.9 Å². The van der Waals surface area contributed by atoms with Crippen LogP contribution in [0.2, 0.25) is 0 Å². The molecule has 0 saturated carbocycles. The number of rotatable bonds is 6. The second-order valence-electron chi connectivity index (χ2n) is 9.85. The van der Waals surface area contributed by atoms with Crippen molar-refractivity contribution in [2.24, 2.45) is 5.10 Å². The lowest BCUT2D eigenvalue weighted by atomic mass is 9.90. The average molecular weight is 487 g/mol. The molecule has 0 bridgehead atoms. The highest BCUT2D eigenvalue weighted by Crippen LogP contribution is 2.35. The Balaban J connectivity index is 1.20. The number of nitrogens with zero attached hydrogens (tertiary/aromatic N) is 4. The molecule has 1 aliphatic carbocycles. The van der Waals surface area contributed by atoms with Gasteiger partial charge in [-0.15, -0.1) is 0 Å². The molecule has 3 heterocycles. The molecule has 1 saturated heterocycles. The summed E-state index contributed by atoms with van der Waals surface area (Å²) < 4.78 is 0. The Hall–Kier alpha value is -4.09. The summed E-state index contributed by atoms with van der Waals surface area (Å²) in [5.74, 6) is 0.635. The molecule has 0 unspecified atom stereocenters. The monoisotopic (exact) mass is 486 g/mol. The van der Waals surface area contributed by atoms with E-state index in [2.05, 4.69) is 64.5 Å². The van der Waals surface area contributed by atoms with Crippen LogP contribution in [0.5, 0.6) is 0 Å². The van der Waals surface area contributed by atoms with E-state index in [-0.39, 0.29) is 0 Å². The number of fused-ring (bicyclic) bond motifs is 1. The fraction of sp³-hybridized carbons (Fsp3) is 0.219. The summed E-state index contributed by atoms with van der Waals surface area (Å²) in [7, 11) is 0. The standard InChI is InChI=1S/C32H30N4O/c37-23-28-7-4-8-31-30(28)21-32(27-5-2-1-3-6-27)36(34-31)29-11-9-24(10-12-29)22-35-19-15-26(16-20-35)25-13-17-33-18-14-25/h1-6,8-14,17-18,21,23,26H,7,15-16,19-20,22H2. The Labute approximate surface area is 218 Å². The van der Waals surface area contributed by atoms with Gasteiger partial charge in [0.05, 0.1) is 17.1 Å². The van der Waals surface area contributed by atoms with Gasteiger partial charge in [0.15, 0.2) is 0 Å². The van der Waals surface area contributed by atoms with E-state index in [0.717, 1.165) is 59.7 Å². The molecule has 5 nitrogen and oxygen atoms in total. The highest BCUT2D eigenvalue weighted by atomic mass is 16.1. The largest absolute Gasteiger partial charge is 0.299 e. The minimum absolute atomic E-state index is 0.635. The summed E-state index contributed by atoms with van der Waals surface area (Å²) in [5, 5.41) is 6.97. The number of allylic oxidation sites excluding steroid dienone is 5. The maximum Gasteiger partial charge on any atom is 0.147 e. The van der Waals surface area contributed by atoms with Gasteiger partial charge in [-0.2, -0.15) is 5.10 Å². The van der Waals surface area contributed by atoms with E-state index >= 15 is 0 Å². The number of hydrogen-bond donors (Lipinski definition) is 0. The maximum atomic E-state index is 11.7. The molecule has 5 heteroatoms. The number of piperidine rings is 1. The first-order chi connectivity index (χ1) is 18.3. The van der Waals surface area contributed by atoms with Gasteiger partial charge in [-0.1, -0.05) is 48.5 Å². The molecule has 2 aromatic carbocycles. The summed E-state index contributed by atoms with van der Waals surface area (Å²) in [4.78, 5) is 18.4. The number of hydrazone groups is 1. The zero-order chi connectivity index (χ0) is 25.0. The van der Waals surface area contributed by atoms with E-state index in [1.165, 1.54) is 24.0 Å². The van der Waals surface area contributed by atoms with E-state index in [4.69, 9.17) is 5.10 Å². The van der Waals surface area contributed by atoms with E-state index in [1.807, 2.05) is 47.8 Å². The Morgan fingerprint density at radius 3 is 2.41 bits per heavy atom. The summed E-state index contributed by atoms with van der Waals surface area (Å²) in [6.07, 6.45) is 13.9. The predicted octanol–water partition coefficient (Wildman–Crippen LogP) is 6.13. The zero-order valence-electron chi connectivity index (χ0n) is 20.8. The minimum Gasteiger partial charge on any atom is -0.299 e. The molecule has 184 valence electrons. The van der Waals surface area contributed by atoms with Gasteiger partial charge in [0.2, 0.25) is 0 Å². The first-order valence-electron chi connectivity index (χ1n) is 13.0. The molecule has 3 aliphatic rings. The van der Waals surface area contributed by atoms with E-state index in [0.29, 0.717) is 12.3 Å². The number of carbonyl (C=O) groups is 1. The Kier molecular flexibility index (Phi) is 6.61. The summed E-state index contributed by atoms with van der Waals surface area (Å²) in [6.45, 7) is 3.17. The fourth-order valence-electron chi connectivity index (χ4n) is 5.46. The van der Waals surface area contributed by atoms with Crippen LogP contribution in [0.15, 0.2) is 114 Å². The second-order valence-corrected chi connectivity index (χ2v) is 9.85. The first kappa shape index (κ1) is 23.3. The topological polar surface area (TPSA) is 48.8 Å². The molecule has 0 spiro atoms. The number of likely N-dealkylation sites (tertiary alicyclic amines) is 1. The van der Waals surface area contributed by atoms with Gasteiger partial charge in [0.1, 0.15) is 6.29 Å². The summed E-state index contributed by atoms with van der Waals surface area (Å²) >= 11 is 0. The van der Waals surface area contributed by atoms with E-state index in [1.54, 1.807) is 0 Å². The Morgan fingerprint density at radius 1 is 0.919 bits per heavy atom. The van der Waals surface area contributed by atoms with Crippen molar-refractivity contribution in [1.82, 2.24) is 9.88 Å². The van der Waals surface area contributed by atoms with Crippen molar-refractivity contribution in [3.63, 3.8) is 0 Å². The van der Waals surface area contributed by atoms with Crippen LogP contribution in [0.4, 0.5) is 5.69 Å². The lowest BCUT2D eigenvalue weighted by molar-refractivity contribution is -0.105. The van der Waals surface area contributed by atoms with Gasteiger partial charge in [0, 0.05) is 35.6 Å². The molecular weight excluding hydrogens is 456 g/mol. The van der Waals surface area contributed by atoms with Crippen LogP contribution in [-0.2, 0) is 11.3 Å². The third kappa shape index (κ3) is 4.95. The number of carbonyl (C=O) groups excluding carboxylic acids is 1. The Bertz CT molecular complexity index is 1380. The van der Waals surface area contributed by atoms with Crippen LogP contribution in [0.25, 0.3) is 5.70 Å². The zero-order valence-corrected chi connectivity index (χ0v) is 20.8. The lowest BCUT2D eigenvalue weighted by Crippen LogP contribution is -2.32. The maximum absolute atomic E-state index is 11.7. The molecule has 2 aliphatic heterocycles. The molecule has 0 atom stereocenters. The number of aromatic nitrogens is 1. The Morgan fingerprint density at radius 2 is 1.68 bits per heavy atom. The SMILES string of the molecule is O=CC1=C2C=C(c3ccccc3)N(c3ccc(CN4CCC(c5ccncc5)CC4)cc3)N=C2C=CC1. The quantitative estimate of drug-likeness (QED) is 0.393. The van der Waals surface area contributed by atoms with Crippen LogP contribution in [0, 0.1) is 0 Å². The number of aldehydes is 1. The van der Waals surface area contributed by atoms with Crippen LogP contribution in [0.3, 0.4) is 0 Å². The number of benzene rings is 2. The predicted molar refractivity (Wildman–Crippen MR) is 149 cm³/mol. The molecule has 37 heavy (non-hydrogen) atoms.